The predicted molar refractivity (Wildman–Crippen MR) is 91.2 cm³/mol. The van der Waals surface area contributed by atoms with E-state index in [1.54, 1.807) is 6.92 Å². The number of hydrogen-bond donors (Lipinski definition) is 0. The average Bonchev–Trinajstić information content (AvgIpc) is 2.53. The summed E-state index contributed by atoms with van der Waals surface area (Å²) in [6, 6.07) is -0.904. The topological polar surface area (TPSA) is 128 Å². The maximum atomic E-state index is 12.1. The molecule has 1 aliphatic carbocycles. The van der Waals surface area contributed by atoms with E-state index in [2.05, 4.69) is 10.0 Å². The smallest absolute Gasteiger partial charge is 0.333 e. The maximum Gasteiger partial charge on any atom is 0.333 e. The van der Waals surface area contributed by atoms with E-state index in [9.17, 15) is 13.2 Å². The van der Waals surface area contributed by atoms with Crippen molar-refractivity contribution in [3.05, 3.63) is 22.1 Å². The molecule has 1 rings (SSSR count). The first kappa shape index (κ1) is 21.4. The molecular weight excluding hydrogens is 350 g/mol. The van der Waals surface area contributed by atoms with Crippen LogP contribution in [0.2, 0.25) is 0 Å². The van der Waals surface area contributed by atoms with E-state index >= 15 is 0 Å². The largest absolute Gasteiger partial charge is 0.463 e. The average molecular weight is 375 g/mol. The zero-order valence-corrected chi connectivity index (χ0v) is 15.7. The lowest BCUT2D eigenvalue weighted by Gasteiger charge is -2.34. The van der Waals surface area contributed by atoms with Gasteiger partial charge in [0.05, 0.1) is 37.2 Å². The van der Waals surface area contributed by atoms with Crippen molar-refractivity contribution in [1.82, 2.24) is 0 Å². The molecule has 3 atom stereocenters. The Bertz CT molecular complexity index is 638. The Morgan fingerprint density at radius 2 is 2.04 bits per heavy atom. The molecule has 25 heavy (non-hydrogen) atoms. The monoisotopic (exact) mass is 375 g/mol. The van der Waals surface area contributed by atoms with Gasteiger partial charge in [-0.3, -0.25) is 4.18 Å². The highest BCUT2D eigenvalue weighted by molar-refractivity contribution is 7.86. The highest BCUT2D eigenvalue weighted by Crippen LogP contribution is 2.29. The molecule has 0 spiro atoms. The Morgan fingerprint density at radius 1 is 1.40 bits per heavy atom. The van der Waals surface area contributed by atoms with Gasteiger partial charge in [-0.15, -0.1) is 0 Å². The van der Waals surface area contributed by atoms with Gasteiger partial charge in [0.2, 0.25) is 0 Å². The van der Waals surface area contributed by atoms with Crippen molar-refractivity contribution in [2.24, 2.45) is 5.11 Å². The third-order valence-electron chi connectivity index (χ3n) is 3.79. The molecule has 1 aliphatic rings. The molecule has 0 aromatic rings. The summed E-state index contributed by atoms with van der Waals surface area (Å²) < 4.78 is 39.1. The van der Waals surface area contributed by atoms with Crippen molar-refractivity contribution in [3.8, 4) is 0 Å². The summed E-state index contributed by atoms with van der Waals surface area (Å²) in [5.74, 6) is -0.567. The molecule has 0 amide bonds. The molecule has 0 N–H and O–H groups in total. The Kier molecular flexibility index (Phi) is 8.37. The second-order valence-electron chi connectivity index (χ2n) is 5.69. The lowest BCUT2D eigenvalue weighted by molar-refractivity contribution is -0.139. The van der Waals surface area contributed by atoms with Crippen molar-refractivity contribution in [2.45, 2.75) is 64.4 Å². The summed E-state index contributed by atoms with van der Waals surface area (Å²) in [5.41, 5.74) is 9.09. The Morgan fingerprint density at radius 3 is 2.52 bits per heavy atom. The van der Waals surface area contributed by atoms with Gasteiger partial charge in [-0.05, 0) is 31.4 Å². The molecule has 0 saturated carbocycles. The van der Waals surface area contributed by atoms with E-state index in [1.807, 2.05) is 13.8 Å². The summed E-state index contributed by atoms with van der Waals surface area (Å²) >= 11 is 0. The fraction of sp³-hybridized carbons (Fsp3) is 0.800. The highest BCUT2D eigenvalue weighted by atomic mass is 32.2. The van der Waals surface area contributed by atoms with Gasteiger partial charge in [0.15, 0.2) is 0 Å². The van der Waals surface area contributed by atoms with Gasteiger partial charge in [-0.25, -0.2) is 4.79 Å². The van der Waals surface area contributed by atoms with Crippen LogP contribution in [0.25, 0.3) is 10.4 Å². The number of ether oxygens (including phenoxy) is 2. The summed E-state index contributed by atoms with van der Waals surface area (Å²) in [6.07, 6.45) is 1.90. The highest BCUT2D eigenvalue weighted by Gasteiger charge is 2.39. The van der Waals surface area contributed by atoms with Gasteiger partial charge < -0.3 is 9.47 Å². The fourth-order valence-electron chi connectivity index (χ4n) is 2.63. The zero-order chi connectivity index (χ0) is 19.0. The van der Waals surface area contributed by atoms with Crippen LogP contribution in [0, 0.1) is 0 Å². The number of carbonyl (C=O) groups is 1. The number of azide groups is 1. The van der Waals surface area contributed by atoms with E-state index < -0.39 is 34.3 Å². The van der Waals surface area contributed by atoms with Crippen LogP contribution < -0.4 is 0 Å². The molecule has 0 aromatic heterocycles. The zero-order valence-electron chi connectivity index (χ0n) is 14.9. The number of nitrogens with zero attached hydrogens (tertiary/aromatic N) is 3. The number of rotatable bonds is 9. The number of hydrogen-bond acceptors (Lipinski definition) is 7. The third-order valence-corrected chi connectivity index (χ3v) is 4.38. The van der Waals surface area contributed by atoms with Crippen molar-refractivity contribution in [1.29, 1.82) is 0 Å². The molecule has 0 aliphatic heterocycles. The lowest BCUT2D eigenvalue weighted by atomic mass is 9.90. The lowest BCUT2D eigenvalue weighted by Crippen LogP contribution is -2.44. The minimum atomic E-state index is -3.82. The molecule has 10 heteroatoms. The molecule has 0 saturated heterocycles. The van der Waals surface area contributed by atoms with Crippen LogP contribution in [-0.4, -0.2) is 51.6 Å². The van der Waals surface area contributed by atoms with E-state index in [4.69, 9.17) is 19.2 Å². The second kappa shape index (κ2) is 9.76. The predicted octanol–water partition coefficient (Wildman–Crippen LogP) is 2.48. The van der Waals surface area contributed by atoms with Gasteiger partial charge >= 0.3 is 5.97 Å². The standard InChI is InChI=1S/C15H25N3O6S/c1-5-11(6-2)23-12-8-10(15(19)22-7-3)9-13(14(12)17-18-16)24-25(4,20)21/h8,11-14H,5-7,9H2,1-4H3/t12-,13+,14+/m1/s1. The van der Waals surface area contributed by atoms with Crippen LogP contribution in [0.15, 0.2) is 16.8 Å². The molecule has 142 valence electrons. The Labute approximate surface area is 148 Å². The molecule has 0 heterocycles. The maximum absolute atomic E-state index is 12.1. The van der Waals surface area contributed by atoms with Crippen molar-refractivity contribution < 1.29 is 26.9 Å². The Hall–Kier alpha value is -1.61. The molecular formula is C15H25N3O6S. The summed E-state index contributed by atoms with van der Waals surface area (Å²) in [7, 11) is -3.82. The molecule has 0 bridgehead atoms. The van der Waals surface area contributed by atoms with Crippen molar-refractivity contribution in [2.75, 3.05) is 12.9 Å². The first-order chi connectivity index (χ1) is 11.8. The van der Waals surface area contributed by atoms with Crippen LogP contribution in [0.3, 0.4) is 0 Å². The minimum Gasteiger partial charge on any atom is -0.463 e. The first-order valence-corrected chi connectivity index (χ1v) is 10.0. The number of esters is 1. The Balaban J connectivity index is 3.24. The second-order valence-corrected chi connectivity index (χ2v) is 7.29. The van der Waals surface area contributed by atoms with Crippen molar-refractivity contribution >= 4 is 16.1 Å². The van der Waals surface area contributed by atoms with Gasteiger partial charge in [0.25, 0.3) is 10.1 Å². The van der Waals surface area contributed by atoms with Gasteiger partial charge in [0.1, 0.15) is 0 Å². The van der Waals surface area contributed by atoms with Gasteiger partial charge in [-0.2, -0.15) is 8.42 Å². The van der Waals surface area contributed by atoms with Crippen molar-refractivity contribution in [3.63, 3.8) is 0 Å². The third kappa shape index (κ3) is 6.66. The first-order valence-electron chi connectivity index (χ1n) is 8.21. The van der Waals surface area contributed by atoms with Crippen LogP contribution in [0.4, 0.5) is 0 Å². The fourth-order valence-corrected chi connectivity index (χ4v) is 3.26. The van der Waals surface area contributed by atoms with E-state index in [0.717, 1.165) is 19.1 Å². The molecule has 9 nitrogen and oxygen atoms in total. The van der Waals surface area contributed by atoms with Gasteiger partial charge in [0, 0.05) is 16.9 Å². The molecule has 0 fully saturated rings. The van der Waals surface area contributed by atoms with E-state index in [-0.39, 0.29) is 24.7 Å². The van der Waals surface area contributed by atoms with Crippen LogP contribution in [0.1, 0.15) is 40.0 Å². The quantitative estimate of drug-likeness (QED) is 0.200. The summed E-state index contributed by atoms with van der Waals surface area (Å²) in [6.45, 7) is 5.75. The van der Waals surface area contributed by atoms with E-state index in [1.165, 1.54) is 6.08 Å². The molecule has 0 radical (unpaired) electrons. The normalized spacial score (nSPS) is 23.7. The molecule has 0 unspecified atom stereocenters. The summed E-state index contributed by atoms with van der Waals surface area (Å²) in [4.78, 5) is 14.9. The summed E-state index contributed by atoms with van der Waals surface area (Å²) in [5, 5.41) is 3.66. The minimum absolute atomic E-state index is 0.0433. The molecule has 0 aromatic carbocycles. The number of carbonyl (C=O) groups excluding carboxylic acids is 1. The van der Waals surface area contributed by atoms with Crippen LogP contribution in [0.5, 0.6) is 0 Å². The van der Waals surface area contributed by atoms with Crippen LogP contribution >= 0.6 is 0 Å². The van der Waals surface area contributed by atoms with Crippen LogP contribution in [-0.2, 0) is 28.6 Å². The van der Waals surface area contributed by atoms with E-state index in [0.29, 0.717) is 0 Å². The SMILES string of the molecule is CCOC(=O)C1=C[C@@H](OC(CC)CC)[C@H](N=[N+]=[N-])[C@@H](OS(C)(=O)=O)C1. The van der Waals surface area contributed by atoms with Gasteiger partial charge in [-0.1, -0.05) is 19.0 Å².